The van der Waals surface area contributed by atoms with Crippen LogP contribution >= 0.6 is 0 Å². The molecule has 0 spiro atoms. The number of carbonyl (C=O) groups excluding carboxylic acids is 1. The molecule has 0 unspecified atom stereocenters. The van der Waals surface area contributed by atoms with Crippen molar-refractivity contribution in [1.29, 1.82) is 0 Å². The van der Waals surface area contributed by atoms with E-state index in [0.29, 0.717) is 11.3 Å². The van der Waals surface area contributed by atoms with E-state index < -0.39 is 10.0 Å². The second kappa shape index (κ2) is 8.14. The van der Waals surface area contributed by atoms with Gasteiger partial charge in [-0.25, -0.2) is 13.8 Å². The molecule has 0 fully saturated rings. The highest BCUT2D eigenvalue weighted by Gasteiger charge is 2.19. The lowest BCUT2D eigenvalue weighted by molar-refractivity contribution is 0.0954. The average Bonchev–Trinajstić information content (AvgIpc) is 2.58. The minimum Gasteiger partial charge on any atom is -0.267 e. The third-order valence-electron chi connectivity index (χ3n) is 3.77. The predicted molar refractivity (Wildman–Crippen MR) is 105 cm³/mol. The molecule has 7 heteroatoms. The predicted octanol–water partition coefficient (Wildman–Crippen LogP) is 3.09. The molecule has 0 heterocycles. The van der Waals surface area contributed by atoms with Crippen LogP contribution in [0.1, 0.15) is 35.3 Å². The van der Waals surface area contributed by atoms with Crippen molar-refractivity contribution >= 4 is 27.3 Å². The summed E-state index contributed by atoms with van der Waals surface area (Å²) >= 11 is 0. The summed E-state index contributed by atoms with van der Waals surface area (Å²) in [6.45, 7) is 5.73. The second-order valence-electron chi connectivity index (χ2n) is 6.24. The minimum atomic E-state index is -3.48. The summed E-state index contributed by atoms with van der Waals surface area (Å²) in [5.41, 5.74) is 6.02. The highest BCUT2D eigenvalue weighted by atomic mass is 32.2. The first-order valence-electron chi connectivity index (χ1n) is 8.12. The van der Waals surface area contributed by atoms with Crippen LogP contribution in [0.3, 0.4) is 0 Å². The van der Waals surface area contributed by atoms with Crippen LogP contribution in [0.5, 0.6) is 0 Å². The summed E-state index contributed by atoms with van der Waals surface area (Å²) in [7, 11) is -3.48. The van der Waals surface area contributed by atoms with Gasteiger partial charge in [-0.3, -0.25) is 9.10 Å². The van der Waals surface area contributed by atoms with Crippen molar-refractivity contribution in [1.82, 2.24) is 5.43 Å². The molecule has 0 aliphatic heterocycles. The Hall–Kier alpha value is -2.67. The van der Waals surface area contributed by atoms with Gasteiger partial charge in [-0.1, -0.05) is 24.3 Å². The highest BCUT2D eigenvalue weighted by molar-refractivity contribution is 7.92. The van der Waals surface area contributed by atoms with Crippen molar-refractivity contribution in [2.75, 3.05) is 10.6 Å². The van der Waals surface area contributed by atoms with Crippen LogP contribution in [0.15, 0.2) is 53.6 Å². The Kier molecular flexibility index (Phi) is 6.15. The number of anilines is 1. The first-order valence-corrected chi connectivity index (χ1v) is 9.97. The largest absolute Gasteiger partial charge is 0.271 e. The summed E-state index contributed by atoms with van der Waals surface area (Å²) in [4.78, 5) is 12.0. The van der Waals surface area contributed by atoms with Gasteiger partial charge in [-0.15, -0.1) is 0 Å². The molecule has 0 atom stereocenters. The fourth-order valence-electron chi connectivity index (χ4n) is 2.35. The summed E-state index contributed by atoms with van der Waals surface area (Å²) in [5, 5.41) is 3.87. The maximum Gasteiger partial charge on any atom is 0.271 e. The second-order valence-corrected chi connectivity index (χ2v) is 8.15. The lowest BCUT2D eigenvalue weighted by atomic mass is 10.1. The highest BCUT2D eigenvalue weighted by Crippen LogP contribution is 2.22. The molecule has 1 amide bonds. The number of amides is 1. The molecule has 0 bridgehead atoms. The molecule has 26 heavy (non-hydrogen) atoms. The number of aryl methyl sites for hydroxylation is 1. The van der Waals surface area contributed by atoms with Crippen molar-refractivity contribution < 1.29 is 13.2 Å². The third-order valence-corrected chi connectivity index (χ3v) is 4.91. The molecular weight excluding hydrogens is 350 g/mol. The lowest BCUT2D eigenvalue weighted by Gasteiger charge is -2.23. The van der Waals surface area contributed by atoms with Gasteiger partial charge in [0.1, 0.15) is 0 Å². The number of nitrogens with zero attached hydrogens (tertiary/aromatic N) is 2. The summed E-state index contributed by atoms with van der Waals surface area (Å²) in [6, 6.07) is 14.1. The van der Waals surface area contributed by atoms with Gasteiger partial charge in [0.2, 0.25) is 10.0 Å². The Morgan fingerprint density at radius 2 is 1.69 bits per heavy atom. The summed E-state index contributed by atoms with van der Waals surface area (Å²) < 4.78 is 25.9. The van der Waals surface area contributed by atoms with Crippen LogP contribution in [0.2, 0.25) is 0 Å². The normalized spacial score (nSPS) is 10.9. The molecule has 6 nitrogen and oxygen atoms in total. The molecular formula is C19H23N3O3S. The molecule has 2 aromatic carbocycles. The molecule has 2 aromatic rings. The zero-order valence-electron chi connectivity index (χ0n) is 15.4. The van der Waals surface area contributed by atoms with Crippen LogP contribution in [0, 0.1) is 6.92 Å². The van der Waals surface area contributed by atoms with Crippen LogP contribution in [-0.4, -0.2) is 26.3 Å². The molecule has 0 saturated carbocycles. The Labute approximate surface area is 154 Å². The molecule has 0 radical (unpaired) electrons. The first kappa shape index (κ1) is 19.7. The zero-order valence-corrected chi connectivity index (χ0v) is 16.2. The maximum absolute atomic E-state index is 12.3. The SMILES string of the molecule is CC(C)=NNC(=O)c1ccc(N(Cc2ccccc2C)S(C)(=O)=O)cc1. The number of benzene rings is 2. The number of hydrazone groups is 1. The van der Waals surface area contributed by atoms with Gasteiger partial charge in [-0.2, -0.15) is 5.10 Å². The maximum atomic E-state index is 12.3. The van der Waals surface area contributed by atoms with Gasteiger partial charge >= 0.3 is 0 Å². The Morgan fingerprint density at radius 1 is 1.08 bits per heavy atom. The van der Waals surface area contributed by atoms with Crippen LogP contribution in [0.25, 0.3) is 0 Å². The van der Waals surface area contributed by atoms with Crippen molar-refractivity contribution in [3.8, 4) is 0 Å². The molecule has 0 aliphatic rings. The zero-order chi connectivity index (χ0) is 19.3. The fourth-order valence-corrected chi connectivity index (χ4v) is 3.23. The number of rotatable bonds is 6. The number of hydrogen-bond acceptors (Lipinski definition) is 4. The molecule has 1 N–H and O–H groups in total. The topological polar surface area (TPSA) is 78.8 Å². The number of hydrogen-bond donors (Lipinski definition) is 1. The van der Waals surface area contributed by atoms with Gasteiger partial charge in [0.15, 0.2) is 0 Å². The van der Waals surface area contributed by atoms with E-state index in [0.717, 1.165) is 16.8 Å². The van der Waals surface area contributed by atoms with Crippen LogP contribution in [-0.2, 0) is 16.6 Å². The number of sulfonamides is 1. The van der Waals surface area contributed by atoms with E-state index in [4.69, 9.17) is 0 Å². The quantitative estimate of drug-likeness (QED) is 0.624. The van der Waals surface area contributed by atoms with E-state index in [1.807, 2.05) is 31.2 Å². The number of nitrogens with one attached hydrogen (secondary N) is 1. The van der Waals surface area contributed by atoms with Gasteiger partial charge < -0.3 is 0 Å². The van der Waals surface area contributed by atoms with Gasteiger partial charge in [0.05, 0.1) is 18.5 Å². The smallest absolute Gasteiger partial charge is 0.267 e. The number of carbonyl (C=O) groups is 1. The molecule has 2 rings (SSSR count). The van der Waals surface area contributed by atoms with Gasteiger partial charge in [-0.05, 0) is 56.2 Å². The first-order chi connectivity index (χ1) is 12.2. The van der Waals surface area contributed by atoms with E-state index >= 15 is 0 Å². The Balaban J connectivity index is 2.28. The van der Waals surface area contributed by atoms with Crippen molar-refractivity contribution in [2.24, 2.45) is 5.10 Å². The average molecular weight is 373 g/mol. The lowest BCUT2D eigenvalue weighted by Crippen LogP contribution is -2.29. The Morgan fingerprint density at radius 3 is 2.23 bits per heavy atom. The third kappa shape index (κ3) is 5.16. The molecule has 0 aromatic heterocycles. The van der Waals surface area contributed by atoms with Crippen LogP contribution in [0.4, 0.5) is 5.69 Å². The van der Waals surface area contributed by atoms with Gasteiger partial charge in [0.25, 0.3) is 5.91 Å². The minimum absolute atomic E-state index is 0.233. The van der Waals surface area contributed by atoms with Crippen molar-refractivity contribution in [2.45, 2.75) is 27.3 Å². The van der Waals surface area contributed by atoms with E-state index in [-0.39, 0.29) is 12.5 Å². The van der Waals surface area contributed by atoms with Crippen LogP contribution < -0.4 is 9.73 Å². The Bertz CT molecular complexity index is 915. The summed E-state index contributed by atoms with van der Waals surface area (Å²) in [6.07, 6.45) is 1.17. The van der Waals surface area contributed by atoms with E-state index in [9.17, 15) is 13.2 Å². The molecule has 0 saturated heterocycles. The van der Waals surface area contributed by atoms with E-state index in [1.165, 1.54) is 10.6 Å². The van der Waals surface area contributed by atoms with Gasteiger partial charge in [0, 0.05) is 11.3 Å². The molecule has 0 aliphatic carbocycles. The van der Waals surface area contributed by atoms with Crippen molar-refractivity contribution in [3.63, 3.8) is 0 Å². The van der Waals surface area contributed by atoms with E-state index in [1.54, 1.807) is 38.1 Å². The monoisotopic (exact) mass is 373 g/mol. The summed E-state index contributed by atoms with van der Waals surface area (Å²) in [5.74, 6) is -0.345. The van der Waals surface area contributed by atoms with Crippen molar-refractivity contribution in [3.05, 3.63) is 65.2 Å². The van der Waals surface area contributed by atoms with E-state index in [2.05, 4.69) is 10.5 Å². The fraction of sp³-hybridized carbons (Fsp3) is 0.263. The molecule has 138 valence electrons. The standard InChI is InChI=1S/C19H23N3O3S/c1-14(2)20-21-19(23)16-9-11-18(12-10-16)22(26(4,24)25)13-17-8-6-5-7-15(17)3/h5-12H,13H2,1-4H3,(H,21,23).